The molecule has 1 saturated carbocycles. The zero-order valence-corrected chi connectivity index (χ0v) is 12.4. The number of hydrogen-bond acceptors (Lipinski definition) is 1. The highest BCUT2D eigenvalue weighted by Crippen LogP contribution is 2.39. The van der Waals surface area contributed by atoms with E-state index >= 15 is 0 Å². The minimum absolute atomic E-state index is 0.185. The molecule has 0 bridgehead atoms. The van der Waals surface area contributed by atoms with Crippen molar-refractivity contribution in [3.05, 3.63) is 34.1 Å². The fourth-order valence-electron chi connectivity index (χ4n) is 3.09. The maximum Gasteiger partial charge on any atom is 0.129 e. The molecule has 3 atom stereocenters. The molecule has 0 aromatic heterocycles. The molecule has 18 heavy (non-hydrogen) atoms. The second-order valence-corrected chi connectivity index (χ2v) is 6.22. The minimum atomic E-state index is -0.185. The van der Waals surface area contributed by atoms with Gasteiger partial charge in [0.05, 0.1) is 0 Å². The second-order valence-electron chi connectivity index (χ2n) is 5.36. The van der Waals surface area contributed by atoms with Crippen molar-refractivity contribution >= 4 is 15.9 Å². The molecule has 1 nitrogen and oxygen atoms in total. The van der Waals surface area contributed by atoms with Gasteiger partial charge < -0.3 is 5.73 Å². The quantitative estimate of drug-likeness (QED) is 0.852. The third kappa shape index (κ3) is 2.94. The zero-order chi connectivity index (χ0) is 13.1. The second kappa shape index (κ2) is 6.16. The smallest absolute Gasteiger partial charge is 0.129 e. The van der Waals surface area contributed by atoms with Crippen LogP contribution < -0.4 is 5.73 Å². The Hall–Kier alpha value is -0.410. The minimum Gasteiger partial charge on any atom is -0.324 e. The maximum atomic E-state index is 13.9. The van der Waals surface area contributed by atoms with E-state index in [0.717, 1.165) is 23.2 Å². The zero-order valence-electron chi connectivity index (χ0n) is 10.8. The lowest BCUT2D eigenvalue weighted by molar-refractivity contribution is 0.228. The van der Waals surface area contributed by atoms with Crippen molar-refractivity contribution in [2.24, 2.45) is 17.6 Å². The van der Waals surface area contributed by atoms with Crippen molar-refractivity contribution < 1.29 is 4.39 Å². The van der Waals surface area contributed by atoms with E-state index in [0.29, 0.717) is 11.5 Å². The number of halogens is 2. The van der Waals surface area contributed by atoms with Gasteiger partial charge in [-0.05, 0) is 36.8 Å². The molecule has 1 aromatic rings. The predicted octanol–water partition coefficient (Wildman–Crippen LogP) is 4.80. The Labute approximate surface area is 117 Å². The van der Waals surface area contributed by atoms with E-state index in [-0.39, 0.29) is 11.9 Å². The van der Waals surface area contributed by atoms with Gasteiger partial charge in [0.25, 0.3) is 0 Å². The molecule has 0 aliphatic heterocycles. The summed E-state index contributed by atoms with van der Waals surface area (Å²) in [4.78, 5) is 0. The van der Waals surface area contributed by atoms with E-state index in [4.69, 9.17) is 5.73 Å². The Morgan fingerprint density at radius 1 is 1.44 bits per heavy atom. The summed E-state index contributed by atoms with van der Waals surface area (Å²) in [6.07, 6.45) is 6.00. The topological polar surface area (TPSA) is 26.0 Å². The molecule has 0 spiro atoms. The average molecular weight is 314 g/mol. The van der Waals surface area contributed by atoms with Gasteiger partial charge in [-0.15, -0.1) is 0 Å². The SMILES string of the molecule is CCC1CCCC(C(N)c2c(F)cccc2Br)C1. The Morgan fingerprint density at radius 2 is 2.22 bits per heavy atom. The van der Waals surface area contributed by atoms with Gasteiger partial charge in [0.1, 0.15) is 5.82 Å². The lowest BCUT2D eigenvalue weighted by Crippen LogP contribution is -2.27. The van der Waals surface area contributed by atoms with Crippen LogP contribution in [0.15, 0.2) is 22.7 Å². The monoisotopic (exact) mass is 313 g/mol. The normalized spacial score (nSPS) is 26.0. The molecule has 2 rings (SSSR count). The molecular formula is C15H21BrFN. The van der Waals surface area contributed by atoms with Gasteiger partial charge in [0.15, 0.2) is 0 Å². The molecule has 1 aliphatic carbocycles. The van der Waals surface area contributed by atoms with E-state index in [1.807, 2.05) is 6.07 Å². The fourth-order valence-corrected chi connectivity index (χ4v) is 3.70. The molecule has 1 aromatic carbocycles. The van der Waals surface area contributed by atoms with Crippen LogP contribution in [0.5, 0.6) is 0 Å². The van der Waals surface area contributed by atoms with Gasteiger partial charge in [-0.3, -0.25) is 0 Å². The van der Waals surface area contributed by atoms with Gasteiger partial charge in [0, 0.05) is 16.1 Å². The summed E-state index contributed by atoms with van der Waals surface area (Å²) in [7, 11) is 0. The largest absolute Gasteiger partial charge is 0.324 e. The molecular weight excluding hydrogens is 293 g/mol. The number of rotatable bonds is 3. The van der Waals surface area contributed by atoms with Crippen LogP contribution in [0.4, 0.5) is 4.39 Å². The highest BCUT2D eigenvalue weighted by Gasteiger charge is 2.28. The molecule has 1 aliphatic rings. The van der Waals surface area contributed by atoms with Crippen LogP contribution in [0, 0.1) is 17.7 Å². The Balaban J connectivity index is 2.17. The van der Waals surface area contributed by atoms with Gasteiger partial charge in [0.2, 0.25) is 0 Å². The van der Waals surface area contributed by atoms with Crippen LogP contribution in [0.3, 0.4) is 0 Å². The van der Waals surface area contributed by atoms with E-state index in [1.54, 1.807) is 6.07 Å². The standard InChI is InChI=1S/C15H21BrFN/c1-2-10-5-3-6-11(9-10)15(18)14-12(16)7-4-8-13(14)17/h4,7-8,10-11,15H,2-3,5-6,9,18H2,1H3. The first-order valence-electron chi connectivity index (χ1n) is 6.83. The molecule has 0 radical (unpaired) electrons. The van der Waals surface area contributed by atoms with Gasteiger partial charge in [-0.25, -0.2) is 4.39 Å². The van der Waals surface area contributed by atoms with Crippen molar-refractivity contribution in [2.45, 2.75) is 45.1 Å². The van der Waals surface area contributed by atoms with Crippen molar-refractivity contribution in [1.29, 1.82) is 0 Å². The lowest BCUT2D eigenvalue weighted by atomic mass is 9.75. The first-order chi connectivity index (χ1) is 8.63. The van der Waals surface area contributed by atoms with Crippen LogP contribution in [-0.4, -0.2) is 0 Å². The van der Waals surface area contributed by atoms with Gasteiger partial charge in [-0.2, -0.15) is 0 Å². The predicted molar refractivity (Wildman–Crippen MR) is 76.8 cm³/mol. The van der Waals surface area contributed by atoms with Crippen molar-refractivity contribution in [1.82, 2.24) is 0 Å². The molecule has 3 unspecified atom stereocenters. The third-order valence-electron chi connectivity index (χ3n) is 4.24. The molecule has 100 valence electrons. The third-order valence-corrected chi connectivity index (χ3v) is 4.93. The fraction of sp³-hybridized carbons (Fsp3) is 0.600. The summed E-state index contributed by atoms with van der Waals surface area (Å²) in [5.41, 5.74) is 6.97. The van der Waals surface area contributed by atoms with E-state index in [9.17, 15) is 4.39 Å². The summed E-state index contributed by atoms with van der Waals surface area (Å²) >= 11 is 3.43. The summed E-state index contributed by atoms with van der Waals surface area (Å²) < 4.78 is 14.7. The maximum absolute atomic E-state index is 13.9. The molecule has 0 amide bonds. The number of hydrogen-bond donors (Lipinski definition) is 1. The highest BCUT2D eigenvalue weighted by molar-refractivity contribution is 9.10. The average Bonchev–Trinajstić information content (AvgIpc) is 2.38. The molecule has 1 fully saturated rings. The Kier molecular flexibility index (Phi) is 4.79. The summed E-state index contributed by atoms with van der Waals surface area (Å²) in [5.74, 6) is 0.993. The first kappa shape index (κ1) is 14.0. The van der Waals surface area contributed by atoms with Crippen molar-refractivity contribution in [3.8, 4) is 0 Å². The van der Waals surface area contributed by atoms with Crippen LogP contribution in [-0.2, 0) is 0 Å². The summed E-state index contributed by atoms with van der Waals surface area (Å²) in [6.45, 7) is 2.23. The summed E-state index contributed by atoms with van der Waals surface area (Å²) in [6, 6.07) is 4.90. The van der Waals surface area contributed by atoms with E-state index in [1.165, 1.54) is 25.3 Å². The Morgan fingerprint density at radius 3 is 2.89 bits per heavy atom. The molecule has 0 heterocycles. The van der Waals surface area contributed by atoms with E-state index in [2.05, 4.69) is 22.9 Å². The highest BCUT2D eigenvalue weighted by atomic mass is 79.9. The van der Waals surface area contributed by atoms with E-state index < -0.39 is 0 Å². The van der Waals surface area contributed by atoms with Crippen molar-refractivity contribution in [3.63, 3.8) is 0 Å². The lowest BCUT2D eigenvalue weighted by Gasteiger charge is -2.33. The van der Waals surface area contributed by atoms with Crippen LogP contribution in [0.2, 0.25) is 0 Å². The molecule has 3 heteroatoms. The van der Waals surface area contributed by atoms with Crippen LogP contribution in [0.1, 0.15) is 50.6 Å². The van der Waals surface area contributed by atoms with Crippen molar-refractivity contribution in [2.75, 3.05) is 0 Å². The number of nitrogens with two attached hydrogens (primary N) is 1. The van der Waals surface area contributed by atoms with Crippen LogP contribution in [0.25, 0.3) is 0 Å². The van der Waals surface area contributed by atoms with Crippen LogP contribution >= 0.6 is 15.9 Å². The molecule has 2 N–H and O–H groups in total. The first-order valence-corrected chi connectivity index (χ1v) is 7.62. The van der Waals surface area contributed by atoms with Gasteiger partial charge >= 0.3 is 0 Å². The summed E-state index contributed by atoms with van der Waals surface area (Å²) in [5, 5.41) is 0. The number of benzene rings is 1. The molecule has 0 saturated heterocycles. The van der Waals surface area contributed by atoms with Gasteiger partial charge in [-0.1, -0.05) is 48.2 Å². The Bertz CT molecular complexity index is 387.